The lowest BCUT2D eigenvalue weighted by Crippen LogP contribution is -2.09. The Bertz CT molecular complexity index is 348. The van der Waals surface area contributed by atoms with E-state index >= 15 is 0 Å². The molecule has 0 amide bonds. The standard InChI is InChI=1S/C12H16O4/c1-5-6-7-9(2)10(12(14)16-4)8-11(13)15-3/h5-8H,1-4H3/b6-5+,9-7-,10-8-. The van der Waals surface area contributed by atoms with Crippen molar-refractivity contribution in [2.45, 2.75) is 13.8 Å². The van der Waals surface area contributed by atoms with Gasteiger partial charge in [-0.1, -0.05) is 18.2 Å². The van der Waals surface area contributed by atoms with Gasteiger partial charge in [-0.05, 0) is 19.4 Å². The van der Waals surface area contributed by atoms with Crippen LogP contribution in [0.3, 0.4) is 0 Å². The fourth-order valence-corrected chi connectivity index (χ4v) is 0.951. The maximum absolute atomic E-state index is 11.4. The number of allylic oxidation sites excluding steroid dienone is 3. The van der Waals surface area contributed by atoms with E-state index in [4.69, 9.17) is 0 Å². The molecule has 0 heterocycles. The number of hydrogen-bond donors (Lipinski definition) is 0. The first kappa shape index (κ1) is 14.2. The lowest BCUT2D eigenvalue weighted by atomic mass is 10.1. The Morgan fingerprint density at radius 2 is 1.75 bits per heavy atom. The molecule has 0 aromatic heterocycles. The molecule has 4 heteroatoms. The number of carbonyl (C=O) groups is 2. The predicted octanol–water partition coefficient (Wildman–Crippen LogP) is 1.78. The van der Waals surface area contributed by atoms with Crippen molar-refractivity contribution in [1.29, 1.82) is 0 Å². The molecule has 16 heavy (non-hydrogen) atoms. The van der Waals surface area contributed by atoms with E-state index in [0.717, 1.165) is 6.08 Å². The van der Waals surface area contributed by atoms with Gasteiger partial charge in [-0.2, -0.15) is 0 Å². The number of rotatable bonds is 4. The summed E-state index contributed by atoms with van der Waals surface area (Å²) >= 11 is 0. The van der Waals surface area contributed by atoms with Gasteiger partial charge >= 0.3 is 11.9 Å². The van der Waals surface area contributed by atoms with Crippen LogP contribution in [-0.4, -0.2) is 26.2 Å². The number of carbonyl (C=O) groups excluding carboxylic acids is 2. The first-order valence-electron chi connectivity index (χ1n) is 4.74. The van der Waals surface area contributed by atoms with Gasteiger partial charge in [0.05, 0.1) is 19.8 Å². The van der Waals surface area contributed by atoms with Crippen molar-refractivity contribution in [3.8, 4) is 0 Å². The molecule has 88 valence electrons. The monoisotopic (exact) mass is 224 g/mol. The van der Waals surface area contributed by atoms with Crippen LogP contribution >= 0.6 is 0 Å². The van der Waals surface area contributed by atoms with Crippen molar-refractivity contribution in [2.75, 3.05) is 14.2 Å². The first-order valence-corrected chi connectivity index (χ1v) is 4.74. The second kappa shape index (κ2) is 7.45. The van der Waals surface area contributed by atoms with E-state index in [0.29, 0.717) is 5.57 Å². The van der Waals surface area contributed by atoms with Crippen molar-refractivity contribution in [3.63, 3.8) is 0 Å². The largest absolute Gasteiger partial charge is 0.466 e. The summed E-state index contributed by atoms with van der Waals surface area (Å²) in [5.41, 5.74) is 0.822. The number of hydrogen-bond acceptors (Lipinski definition) is 4. The zero-order chi connectivity index (χ0) is 12.6. The average Bonchev–Trinajstić information content (AvgIpc) is 2.31. The molecular formula is C12H16O4. The SMILES string of the molecule is C/C=C/C=C(C)\C(=C\C(=O)OC)C(=O)OC. The molecule has 0 aromatic carbocycles. The summed E-state index contributed by atoms with van der Waals surface area (Å²) in [5.74, 6) is -1.16. The topological polar surface area (TPSA) is 52.6 Å². The Morgan fingerprint density at radius 1 is 1.12 bits per heavy atom. The molecule has 0 saturated carbocycles. The van der Waals surface area contributed by atoms with Gasteiger partial charge in [-0.3, -0.25) is 0 Å². The second-order valence-corrected chi connectivity index (χ2v) is 2.95. The molecule has 0 N–H and O–H groups in total. The first-order chi connectivity index (χ1) is 7.56. The number of ether oxygens (including phenoxy) is 2. The Morgan fingerprint density at radius 3 is 2.19 bits per heavy atom. The van der Waals surface area contributed by atoms with Crippen molar-refractivity contribution in [2.24, 2.45) is 0 Å². The molecule has 0 aliphatic carbocycles. The summed E-state index contributed by atoms with van der Waals surface area (Å²) in [4.78, 5) is 22.5. The lowest BCUT2D eigenvalue weighted by molar-refractivity contribution is -0.138. The van der Waals surface area contributed by atoms with Crippen molar-refractivity contribution >= 4 is 11.9 Å². The molecule has 0 saturated heterocycles. The minimum Gasteiger partial charge on any atom is -0.466 e. The summed E-state index contributed by atoms with van der Waals surface area (Å²) in [6, 6.07) is 0. The van der Waals surface area contributed by atoms with Gasteiger partial charge in [0.15, 0.2) is 0 Å². The smallest absolute Gasteiger partial charge is 0.338 e. The quantitative estimate of drug-likeness (QED) is 0.415. The van der Waals surface area contributed by atoms with Crippen molar-refractivity contribution in [3.05, 3.63) is 35.5 Å². The fourth-order valence-electron chi connectivity index (χ4n) is 0.951. The van der Waals surface area contributed by atoms with Crippen LogP contribution in [-0.2, 0) is 19.1 Å². The number of esters is 2. The highest BCUT2D eigenvalue weighted by atomic mass is 16.5. The van der Waals surface area contributed by atoms with Crippen molar-refractivity contribution < 1.29 is 19.1 Å². The molecule has 0 rings (SSSR count). The minimum atomic E-state index is -0.589. The van der Waals surface area contributed by atoms with Crippen LogP contribution in [0.2, 0.25) is 0 Å². The molecule has 0 atom stereocenters. The maximum Gasteiger partial charge on any atom is 0.338 e. The third kappa shape index (κ3) is 4.59. The molecule has 0 aliphatic rings. The Hall–Kier alpha value is -1.84. The zero-order valence-electron chi connectivity index (χ0n) is 9.94. The van der Waals surface area contributed by atoms with Gasteiger partial charge in [0.1, 0.15) is 0 Å². The Labute approximate surface area is 95.2 Å². The Kier molecular flexibility index (Phi) is 6.59. The van der Waals surface area contributed by atoms with Gasteiger partial charge in [-0.15, -0.1) is 0 Å². The van der Waals surface area contributed by atoms with Crippen molar-refractivity contribution in [1.82, 2.24) is 0 Å². The lowest BCUT2D eigenvalue weighted by Gasteiger charge is -2.04. The Balaban J connectivity index is 5.17. The summed E-state index contributed by atoms with van der Waals surface area (Å²) in [6.45, 7) is 3.57. The van der Waals surface area contributed by atoms with Gasteiger partial charge in [0, 0.05) is 6.08 Å². The third-order valence-electron chi connectivity index (χ3n) is 1.83. The van der Waals surface area contributed by atoms with E-state index in [1.807, 2.05) is 13.0 Å². The predicted molar refractivity (Wildman–Crippen MR) is 60.7 cm³/mol. The van der Waals surface area contributed by atoms with Gasteiger partial charge in [-0.25, -0.2) is 9.59 Å². The molecule has 0 spiro atoms. The molecular weight excluding hydrogens is 208 g/mol. The van der Waals surface area contributed by atoms with E-state index < -0.39 is 11.9 Å². The summed E-state index contributed by atoms with van der Waals surface area (Å²) in [7, 11) is 2.51. The average molecular weight is 224 g/mol. The second-order valence-electron chi connectivity index (χ2n) is 2.95. The van der Waals surface area contributed by atoms with Crippen LogP contribution in [0.25, 0.3) is 0 Å². The molecule has 0 aliphatic heterocycles. The third-order valence-corrected chi connectivity index (χ3v) is 1.83. The van der Waals surface area contributed by atoms with Crippen LogP contribution in [0.4, 0.5) is 0 Å². The van der Waals surface area contributed by atoms with Crippen LogP contribution in [0.1, 0.15) is 13.8 Å². The van der Waals surface area contributed by atoms with Gasteiger partial charge in [0.25, 0.3) is 0 Å². The van der Waals surface area contributed by atoms with E-state index in [1.54, 1.807) is 19.1 Å². The van der Waals surface area contributed by atoms with E-state index in [1.165, 1.54) is 14.2 Å². The molecule has 4 nitrogen and oxygen atoms in total. The van der Waals surface area contributed by atoms with E-state index in [-0.39, 0.29) is 5.57 Å². The zero-order valence-corrected chi connectivity index (χ0v) is 9.94. The maximum atomic E-state index is 11.4. The highest BCUT2D eigenvalue weighted by Crippen LogP contribution is 2.11. The van der Waals surface area contributed by atoms with E-state index in [2.05, 4.69) is 9.47 Å². The van der Waals surface area contributed by atoms with Crippen LogP contribution in [0, 0.1) is 0 Å². The van der Waals surface area contributed by atoms with Gasteiger partial charge in [0.2, 0.25) is 0 Å². The van der Waals surface area contributed by atoms with Gasteiger partial charge < -0.3 is 9.47 Å². The minimum absolute atomic E-state index is 0.187. The van der Waals surface area contributed by atoms with Crippen LogP contribution < -0.4 is 0 Å². The van der Waals surface area contributed by atoms with Crippen LogP contribution in [0.15, 0.2) is 35.5 Å². The summed E-state index contributed by atoms with van der Waals surface area (Å²) < 4.78 is 9.04. The molecule has 0 aromatic rings. The highest BCUT2D eigenvalue weighted by molar-refractivity contribution is 5.99. The van der Waals surface area contributed by atoms with Crippen LogP contribution in [0.5, 0.6) is 0 Å². The molecule has 0 unspecified atom stereocenters. The number of methoxy groups -OCH3 is 2. The summed E-state index contributed by atoms with van der Waals surface area (Å²) in [6.07, 6.45) is 6.41. The molecule has 0 radical (unpaired) electrons. The fraction of sp³-hybridized carbons (Fsp3) is 0.333. The molecule has 0 bridgehead atoms. The summed E-state index contributed by atoms with van der Waals surface area (Å²) in [5, 5.41) is 0. The molecule has 0 fully saturated rings. The van der Waals surface area contributed by atoms with E-state index in [9.17, 15) is 9.59 Å². The normalized spacial score (nSPS) is 12.8. The highest BCUT2D eigenvalue weighted by Gasteiger charge is 2.13.